The van der Waals surface area contributed by atoms with Crippen molar-refractivity contribution in [3.05, 3.63) is 12.2 Å². The van der Waals surface area contributed by atoms with Gasteiger partial charge in [-0.1, -0.05) is 12.2 Å². The van der Waals surface area contributed by atoms with E-state index in [1.54, 1.807) is 0 Å². The van der Waals surface area contributed by atoms with Crippen molar-refractivity contribution in [1.29, 1.82) is 0 Å². The van der Waals surface area contributed by atoms with Crippen LogP contribution in [0.15, 0.2) is 12.2 Å². The lowest BCUT2D eigenvalue weighted by Gasteiger charge is -2.32. The Hall–Kier alpha value is -0.275. The van der Waals surface area contributed by atoms with Crippen LogP contribution in [0.2, 0.25) is 5.82 Å². The molecule has 1 fully saturated rings. The Kier molecular flexibility index (Phi) is 2.72. The molecule has 0 aromatic carbocycles. The molecule has 2 rings (SSSR count). The van der Waals surface area contributed by atoms with Crippen LogP contribution in [0.1, 0.15) is 47.0 Å². The topological polar surface area (TPSA) is 18.5 Å². The highest BCUT2D eigenvalue weighted by Gasteiger charge is 2.53. The van der Waals surface area contributed by atoms with E-state index < -0.39 is 0 Å². The molecule has 0 aromatic rings. The van der Waals surface area contributed by atoms with E-state index in [9.17, 15) is 0 Å². The molecule has 0 radical (unpaired) electrons. The molecule has 0 aromatic heterocycles. The Bertz CT molecular complexity index is 255. The summed E-state index contributed by atoms with van der Waals surface area (Å²) in [5.74, 6) is 0.538. The van der Waals surface area contributed by atoms with E-state index in [0.717, 1.165) is 12.8 Å². The maximum absolute atomic E-state index is 6.05. The Labute approximate surface area is 93.2 Å². The molecule has 2 nitrogen and oxygen atoms in total. The molecular formula is C12H21BO2. The first-order chi connectivity index (χ1) is 6.92. The van der Waals surface area contributed by atoms with Gasteiger partial charge in [0.05, 0.1) is 11.2 Å². The zero-order valence-corrected chi connectivity index (χ0v) is 10.2. The molecular weight excluding hydrogens is 187 g/mol. The van der Waals surface area contributed by atoms with Gasteiger partial charge in [-0.3, -0.25) is 0 Å². The van der Waals surface area contributed by atoms with Gasteiger partial charge in [0.25, 0.3) is 0 Å². The standard InChI is InChI=1S/C12H21BO2/c1-11(2)12(3,4)15-13(14-11)10-8-6-5-7-9-10/h5-6,10H,7-9H2,1-4H3. The zero-order valence-electron chi connectivity index (χ0n) is 10.2. The van der Waals surface area contributed by atoms with Crippen LogP contribution in [0.25, 0.3) is 0 Å². The van der Waals surface area contributed by atoms with Crippen molar-refractivity contribution in [3.63, 3.8) is 0 Å². The van der Waals surface area contributed by atoms with Gasteiger partial charge in [-0.05, 0) is 52.8 Å². The summed E-state index contributed by atoms with van der Waals surface area (Å²) in [6, 6.07) is 0. The second-order valence-electron chi connectivity index (χ2n) is 5.67. The van der Waals surface area contributed by atoms with Gasteiger partial charge in [0.1, 0.15) is 0 Å². The maximum Gasteiger partial charge on any atom is 0.461 e. The van der Waals surface area contributed by atoms with E-state index >= 15 is 0 Å². The largest absolute Gasteiger partial charge is 0.461 e. The van der Waals surface area contributed by atoms with E-state index in [0.29, 0.717) is 5.82 Å². The Morgan fingerprint density at radius 1 is 1.07 bits per heavy atom. The number of hydrogen-bond donors (Lipinski definition) is 0. The lowest BCUT2D eigenvalue weighted by Crippen LogP contribution is -2.41. The van der Waals surface area contributed by atoms with Crippen molar-refractivity contribution in [3.8, 4) is 0 Å². The van der Waals surface area contributed by atoms with Gasteiger partial charge in [-0.25, -0.2) is 0 Å². The molecule has 1 atom stereocenters. The highest BCUT2D eigenvalue weighted by molar-refractivity contribution is 6.47. The molecule has 1 aliphatic heterocycles. The summed E-state index contributed by atoms with van der Waals surface area (Å²) in [6.07, 6.45) is 7.94. The number of hydrogen-bond acceptors (Lipinski definition) is 2. The smallest absolute Gasteiger partial charge is 0.403 e. The maximum atomic E-state index is 6.05. The minimum Gasteiger partial charge on any atom is -0.403 e. The summed E-state index contributed by atoms with van der Waals surface area (Å²) in [5, 5.41) is 0. The Balaban J connectivity index is 2.05. The summed E-state index contributed by atoms with van der Waals surface area (Å²) in [7, 11) is -0.0139. The molecule has 1 unspecified atom stereocenters. The van der Waals surface area contributed by atoms with Crippen molar-refractivity contribution >= 4 is 7.12 Å². The van der Waals surface area contributed by atoms with Crippen molar-refractivity contribution < 1.29 is 9.31 Å². The van der Waals surface area contributed by atoms with E-state index in [4.69, 9.17) is 9.31 Å². The van der Waals surface area contributed by atoms with Gasteiger partial charge in [-0.15, -0.1) is 0 Å². The zero-order chi connectivity index (χ0) is 11.1. The molecule has 1 aliphatic carbocycles. The van der Waals surface area contributed by atoms with Crippen LogP contribution in [0.4, 0.5) is 0 Å². The first kappa shape index (κ1) is 11.2. The third-order valence-corrected chi connectivity index (χ3v) is 3.97. The molecule has 0 bridgehead atoms. The Morgan fingerprint density at radius 3 is 2.13 bits per heavy atom. The number of rotatable bonds is 1. The quantitative estimate of drug-likeness (QED) is 0.486. The van der Waals surface area contributed by atoms with Gasteiger partial charge < -0.3 is 9.31 Å². The van der Waals surface area contributed by atoms with Gasteiger partial charge in [0.15, 0.2) is 0 Å². The second-order valence-corrected chi connectivity index (χ2v) is 5.67. The molecule has 1 heterocycles. The third-order valence-electron chi connectivity index (χ3n) is 3.97. The van der Waals surface area contributed by atoms with E-state index in [-0.39, 0.29) is 18.3 Å². The van der Waals surface area contributed by atoms with Crippen LogP contribution in [-0.4, -0.2) is 18.3 Å². The lowest BCUT2D eigenvalue weighted by molar-refractivity contribution is 0.00578. The van der Waals surface area contributed by atoms with Crippen molar-refractivity contribution in [2.24, 2.45) is 0 Å². The van der Waals surface area contributed by atoms with Crippen molar-refractivity contribution in [2.75, 3.05) is 0 Å². The summed E-state index contributed by atoms with van der Waals surface area (Å²) in [6.45, 7) is 8.47. The molecule has 1 saturated heterocycles. The molecule has 2 aliphatic rings. The molecule has 0 N–H and O–H groups in total. The van der Waals surface area contributed by atoms with Gasteiger partial charge >= 0.3 is 7.12 Å². The summed E-state index contributed by atoms with van der Waals surface area (Å²) in [5.41, 5.74) is -0.363. The fraction of sp³-hybridized carbons (Fsp3) is 0.833. The highest BCUT2D eigenvalue weighted by Crippen LogP contribution is 2.42. The van der Waals surface area contributed by atoms with Gasteiger partial charge in [0.2, 0.25) is 0 Å². The van der Waals surface area contributed by atoms with Gasteiger partial charge in [-0.2, -0.15) is 0 Å². The minimum atomic E-state index is -0.182. The van der Waals surface area contributed by atoms with Gasteiger partial charge in [0, 0.05) is 0 Å². The van der Waals surface area contributed by atoms with E-state index in [2.05, 4.69) is 39.8 Å². The monoisotopic (exact) mass is 208 g/mol. The van der Waals surface area contributed by atoms with E-state index in [1.165, 1.54) is 6.42 Å². The lowest BCUT2D eigenvalue weighted by atomic mass is 9.66. The molecule has 0 amide bonds. The fourth-order valence-electron chi connectivity index (χ4n) is 2.15. The average molecular weight is 208 g/mol. The predicted octanol–water partition coefficient (Wildman–Crippen LogP) is 3.19. The summed E-state index contributed by atoms with van der Waals surface area (Å²) < 4.78 is 12.1. The predicted molar refractivity (Wildman–Crippen MR) is 62.8 cm³/mol. The molecule has 15 heavy (non-hydrogen) atoms. The molecule has 0 spiro atoms. The first-order valence-electron chi connectivity index (χ1n) is 5.93. The van der Waals surface area contributed by atoms with Crippen LogP contribution >= 0.6 is 0 Å². The normalized spacial score (nSPS) is 33.3. The van der Waals surface area contributed by atoms with Crippen LogP contribution < -0.4 is 0 Å². The third kappa shape index (κ3) is 2.00. The molecule has 3 heteroatoms. The molecule has 84 valence electrons. The average Bonchev–Trinajstić information content (AvgIpc) is 2.38. The number of allylic oxidation sites excluding steroid dienone is 2. The van der Waals surface area contributed by atoms with Crippen molar-refractivity contribution in [2.45, 2.75) is 64.0 Å². The van der Waals surface area contributed by atoms with Crippen molar-refractivity contribution in [1.82, 2.24) is 0 Å². The second kappa shape index (κ2) is 3.64. The minimum absolute atomic E-state index is 0.0139. The fourth-order valence-corrected chi connectivity index (χ4v) is 2.15. The van der Waals surface area contributed by atoms with Crippen LogP contribution in [0.5, 0.6) is 0 Å². The van der Waals surface area contributed by atoms with Crippen LogP contribution in [-0.2, 0) is 9.31 Å². The first-order valence-corrected chi connectivity index (χ1v) is 5.93. The highest BCUT2D eigenvalue weighted by atomic mass is 16.7. The van der Waals surface area contributed by atoms with Crippen LogP contribution in [0.3, 0.4) is 0 Å². The van der Waals surface area contributed by atoms with E-state index in [1.807, 2.05) is 0 Å². The SMILES string of the molecule is CC1(C)OB(C2CC=CCC2)OC1(C)C. The molecule has 0 saturated carbocycles. The Morgan fingerprint density at radius 2 is 1.67 bits per heavy atom. The summed E-state index contributed by atoms with van der Waals surface area (Å²) in [4.78, 5) is 0. The summed E-state index contributed by atoms with van der Waals surface area (Å²) >= 11 is 0. The van der Waals surface area contributed by atoms with Crippen LogP contribution in [0, 0.1) is 0 Å².